The van der Waals surface area contributed by atoms with Gasteiger partial charge < -0.3 is 34.1 Å². The molecule has 0 aromatic heterocycles. The minimum Gasteiger partial charge on any atom is -0.465 e. The third-order valence-electron chi connectivity index (χ3n) is 6.27. The van der Waals surface area contributed by atoms with E-state index in [0.29, 0.717) is 25.9 Å². The maximum atomic E-state index is 13.4. The van der Waals surface area contributed by atoms with Gasteiger partial charge in [0.15, 0.2) is 12.2 Å². The summed E-state index contributed by atoms with van der Waals surface area (Å²) in [4.78, 5) is 61.8. The first-order valence-corrected chi connectivity index (χ1v) is 12.2. The van der Waals surface area contributed by atoms with Crippen molar-refractivity contribution in [2.75, 3.05) is 26.8 Å². The smallest absolute Gasteiger partial charge is 0.465 e. The molecule has 39 heavy (non-hydrogen) atoms. The molecule has 0 aromatic carbocycles. The van der Waals surface area contributed by atoms with Crippen LogP contribution in [0, 0.1) is 0 Å². The molecule has 2 saturated heterocycles. The number of carbonyl (C=O) groups excluding carboxylic acids is 5. The van der Waals surface area contributed by atoms with Gasteiger partial charge in [0.05, 0.1) is 13.2 Å². The average Bonchev–Trinajstić information content (AvgIpc) is 2.85. The summed E-state index contributed by atoms with van der Waals surface area (Å²) in [5.74, 6) is -9.24. The number of ether oxygens (including phenoxy) is 5. The molecule has 13 nitrogen and oxygen atoms in total. The average molecular weight is 571 g/mol. The van der Waals surface area contributed by atoms with Crippen molar-refractivity contribution in [3.8, 4) is 0 Å². The zero-order valence-corrected chi connectivity index (χ0v) is 21.9. The van der Waals surface area contributed by atoms with Crippen molar-refractivity contribution >= 4 is 29.8 Å². The maximum absolute atomic E-state index is 13.4. The zero-order chi connectivity index (χ0) is 29.5. The largest absolute Gasteiger partial charge is 0.471 e. The van der Waals surface area contributed by atoms with Crippen LogP contribution in [-0.2, 0) is 47.7 Å². The molecule has 16 heteroatoms. The number of halogens is 3. The molecule has 222 valence electrons. The molecule has 0 bridgehead atoms. The third kappa shape index (κ3) is 8.76. The fourth-order valence-corrected chi connectivity index (χ4v) is 4.71. The molecular formula is C23H33F3N2O11. The van der Waals surface area contributed by atoms with Crippen molar-refractivity contribution in [1.82, 2.24) is 10.2 Å². The SMILES string of the molecule is COC(=O)[C@]1(O)C[C@@H](N2CCCCC2)[C@@H](NC(=O)C(F)(F)F)[C@@H]([C@@H](OC(C)=O)[C@@H](COC(C)=O)OC(C)=O)O1. The van der Waals surface area contributed by atoms with E-state index in [1.807, 2.05) is 5.32 Å². The Morgan fingerprint density at radius 1 is 1.03 bits per heavy atom. The normalized spacial score (nSPS) is 27.4. The Morgan fingerprint density at radius 2 is 1.62 bits per heavy atom. The number of nitrogens with one attached hydrogen (secondary N) is 1. The van der Waals surface area contributed by atoms with Crippen molar-refractivity contribution in [2.45, 2.75) is 88.8 Å². The Balaban J connectivity index is 2.70. The van der Waals surface area contributed by atoms with Crippen LogP contribution in [0.4, 0.5) is 13.2 Å². The molecule has 2 fully saturated rings. The number of aliphatic hydroxyl groups is 1. The lowest BCUT2D eigenvalue weighted by molar-refractivity contribution is -0.294. The monoisotopic (exact) mass is 570 g/mol. The van der Waals surface area contributed by atoms with E-state index in [0.717, 1.165) is 34.3 Å². The molecule has 2 N–H and O–H groups in total. The van der Waals surface area contributed by atoms with E-state index in [2.05, 4.69) is 4.74 Å². The summed E-state index contributed by atoms with van der Waals surface area (Å²) < 4.78 is 65.7. The van der Waals surface area contributed by atoms with E-state index in [1.54, 1.807) is 4.90 Å². The van der Waals surface area contributed by atoms with Gasteiger partial charge >= 0.3 is 36.0 Å². The molecule has 6 atom stereocenters. The van der Waals surface area contributed by atoms with Crippen LogP contribution in [0.3, 0.4) is 0 Å². The van der Waals surface area contributed by atoms with Gasteiger partial charge in [-0.15, -0.1) is 0 Å². The third-order valence-corrected chi connectivity index (χ3v) is 6.27. The van der Waals surface area contributed by atoms with E-state index < -0.39 is 85.2 Å². The van der Waals surface area contributed by atoms with Gasteiger partial charge in [0.25, 0.3) is 5.79 Å². The van der Waals surface area contributed by atoms with Crippen molar-refractivity contribution < 1.29 is 65.9 Å². The van der Waals surface area contributed by atoms with Gasteiger partial charge in [-0.25, -0.2) is 4.79 Å². The highest BCUT2D eigenvalue weighted by Crippen LogP contribution is 2.36. The predicted molar refractivity (Wildman–Crippen MR) is 121 cm³/mol. The molecule has 0 aliphatic carbocycles. The second kappa shape index (κ2) is 13.4. The van der Waals surface area contributed by atoms with Crippen molar-refractivity contribution in [3.05, 3.63) is 0 Å². The molecule has 0 aromatic rings. The predicted octanol–water partition coefficient (Wildman–Crippen LogP) is -0.0350. The molecule has 2 heterocycles. The van der Waals surface area contributed by atoms with Gasteiger partial charge in [-0.1, -0.05) is 6.42 Å². The number of hydrogen-bond donors (Lipinski definition) is 2. The number of likely N-dealkylation sites (tertiary alicyclic amines) is 1. The van der Waals surface area contributed by atoms with Gasteiger partial charge in [-0.3, -0.25) is 24.1 Å². The van der Waals surface area contributed by atoms with Crippen LogP contribution in [0.1, 0.15) is 46.5 Å². The summed E-state index contributed by atoms with van der Waals surface area (Å²) in [6.45, 7) is 2.87. The summed E-state index contributed by atoms with van der Waals surface area (Å²) >= 11 is 0. The van der Waals surface area contributed by atoms with Crippen LogP contribution in [0.2, 0.25) is 0 Å². The quantitative estimate of drug-likeness (QED) is 0.281. The highest BCUT2D eigenvalue weighted by atomic mass is 19.4. The molecule has 2 rings (SSSR count). The molecule has 0 radical (unpaired) electrons. The Hall–Kier alpha value is -2.98. The van der Waals surface area contributed by atoms with Gasteiger partial charge in [0.1, 0.15) is 12.7 Å². The minimum atomic E-state index is -5.34. The lowest BCUT2D eigenvalue weighted by atomic mass is 9.84. The van der Waals surface area contributed by atoms with Gasteiger partial charge in [0, 0.05) is 33.2 Å². The molecule has 0 unspecified atom stereocenters. The first-order valence-electron chi connectivity index (χ1n) is 12.2. The first kappa shape index (κ1) is 32.2. The number of alkyl halides is 3. The summed E-state index contributed by atoms with van der Waals surface area (Å²) in [6, 6.07) is -2.83. The fourth-order valence-electron chi connectivity index (χ4n) is 4.71. The Morgan fingerprint density at radius 3 is 2.10 bits per heavy atom. The molecular weight excluding hydrogens is 537 g/mol. The van der Waals surface area contributed by atoms with Crippen molar-refractivity contribution in [2.24, 2.45) is 0 Å². The van der Waals surface area contributed by atoms with Crippen LogP contribution in [0.5, 0.6) is 0 Å². The van der Waals surface area contributed by atoms with E-state index in [4.69, 9.17) is 18.9 Å². The Bertz CT molecular complexity index is 925. The lowest BCUT2D eigenvalue weighted by Crippen LogP contribution is -2.72. The molecule has 1 amide bonds. The number of rotatable bonds is 9. The highest BCUT2D eigenvalue weighted by Gasteiger charge is 2.58. The van der Waals surface area contributed by atoms with E-state index >= 15 is 0 Å². The van der Waals surface area contributed by atoms with Crippen LogP contribution in [-0.4, -0.2) is 109 Å². The summed E-state index contributed by atoms with van der Waals surface area (Å²) in [6.07, 6.45) is -9.34. The number of esters is 4. The van der Waals surface area contributed by atoms with E-state index in [1.165, 1.54) is 0 Å². The number of amides is 1. The van der Waals surface area contributed by atoms with Crippen LogP contribution in [0.25, 0.3) is 0 Å². The van der Waals surface area contributed by atoms with Crippen LogP contribution in [0.15, 0.2) is 0 Å². The topological polar surface area (TPSA) is 167 Å². The van der Waals surface area contributed by atoms with Gasteiger partial charge in [-0.05, 0) is 25.9 Å². The fraction of sp³-hybridized carbons (Fsp3) is 0.783. The maximum Gasteiger partial charge on any atom is 0.471 e. The standard InChI is InChI=1S/C23H33F3N2O11/c1-12(29)36-11-16(37-13(2)30)18(38-14(3)31)19-17(27-20(32)23(24,25)26)15(28-8-6-5-7-9-28)10-22(34,39-19)21(33)35-4/h15-19,34H,5-11H2,1-4H3,(H,27,32)/t15-,16-,17-,18+,19+,22+/m1/s1. The van der Waals surface area contributed by atoms with Crippen molar-refractivity contribution in [3.63, 3.8) is 0 Å². The van der Waals surface area contributed by atoms with Gasteiger partial charge in [-0.2, -0.15) is 13.2 Å². The second-order valence-electron chi connectivity index (χ2n) is 9.25. The van der Waals surface area contributed by atoms with Crippen LogP contribution >= 0.6 is 0 Å². The number of carbonyl (C=O) groups is 5. The number of piperidine rings is 1. The Labute approximate surface area is 222 Å². The highest BCUT2D eigenvalue weighted by molar-refractivity contribution is 5.82. The minimum absolute atomic E-state index is 0.339. The molecule has 0 saturated carbocycles. The van der Waals surface area contributed by atoms with Crippen molar-refractivity contribution in [1.29, 1.82) is 0 Å². The summed E-state index contributed by atoms with van der Waals surface area (Å²) in [5.41, 5.74) is 0. The zero-order valence-electron chi connectivity index (χ0n) is 21.9. The number of nitrogens with zero attached hydrogens (tertiary/aromatic N) is 1. The number of hydrogen-bond acceptors (Lipinski definition) is 12. The number of methoxy groups -OCH3 is 1. The van der Waals surface area contributed by atoms with E-state index in [9.17, 15) is 42.3 Å². The second-order valence-corrected chi connectivity index (χ2v) is 9.25. The molecule has 2 aliphatic rings. The van der Waals surface area contributed by atoms with E-state index in [-0.39, 0.29) is 0 Å². The Kier molecular flexibility index (Phi) is 11.1. The summed E-state index contributed by atoms with van der Waals surface area (Å²) in [7, 11) is 0.942. The first-order chi connectivity index (χ1) is 18.1. The lowest BCUT2D eigenvalue weighted by Gasteiger charge is -2.51. The van der Waals surface area contributed by atoms with Crippen LogP contribution < -0.4 is 5.32 Å². The summed E-state index contributed by atoms with van der Waals surface area (Å²) in [5, 5.41) is 13.0. The molecule has 2 aliphatic heterocycles. The van der Waals surface area contributed by atoms with Gasteiger partial charge in [0.2, 0.25) is 0 Å². The molecule has 0 spiro atoms.